The number of carboxylic acids is 1. The van der Waals surface area contributed by atoms with E-state index in [2.05, 4.69) is 24.5 Å². The quantitative estimate of drug-likeness (QED) is 0.715. The summed E-state index contributed by atoms with van der Waals surface area (Å²) in [4.78, 5) is 21.8. The molecule has 0 saturated carbocycles. The molecule has 1 rings (SSSR count). The SMILES string of the molecule is CC(C)COc1cccc(NC(=O)NCCC(=O)O)c1. The second-order valence-corrected chi connectivity index (χ2v) is 4.76. The van der Waals surface area contributed by atoms with Gasteiger partial charge in [-0.25, -0.2) is 4.79 Å². The van der Waals surface area contributed by atoms with Crippen LogP contribution in [0.5, 0.6) is 5.75 Å². The Morgan fingerprint density at radius 2 is 2.10 bits per heavy atom. The number of benzene rings is 1. The van der Waals surface area contributed by atoms with Crippen LogP contribution >= 0.6 is 0 Å². The first kappa shape index (κ1) is 15.8. The number of carboxylic acid groups (broad SMARTS) is 1. The molecule has 0 atom stereocenters. The lowest BCUT2D eigenvalue weighted by molar-refractivity contribution is -0.136. The molecule has 0 aromatic heterocycles. The molecule has 1 aromatic carbocycles. The Morgan fingerprint density at radius 3 is 2.75 bits per heavy atom. The van der Waals surface area contributed by atoms with E-state index < -0.39 is 12.0 Å². The molecule has 0 saturated heterocycles. The number of urea groups is 1. The lowest BCUT2D eigenvalue weighted by atomic mass is 10.2. The first-order chi connectivity index (χ1) is 9.47. The van der Waals surface area contributed by atoms with E-state index in [1.165, 1.54) is 0 Å². The van der Waals surface area contributed by atoms with Crippen LogP contribution in [0.4, 0.5) is 10.5 Å². The topological polar surface area (TPSA) is 87.7 Å². The fraction of sp³-hybridized carbons (Fsp3) is 0.429. The Hall–Kier alpha value is -2.24. The molecule has 0 unspecified atom stereocenters. The summed E-state index contributed by atoms with van der Waals surface area (Å²) < 4.78 is 5.55. The molecule has 0 spiro atoms. The predicted octanol–water partition coefficient (Wildman–Crippen LogP) is 2.32. The van der Waals surface area contributed by atoms with E-state index in [0.717, 1.165) is 0 Å². The van der Waals surface area contributed by atoms with Crippen molar-refractivity contribution in [3.8, 4) is 5.75 Å². The highest BCUT2D eigenvalue weighted by Crippen LogP contribution is 2.17. The van der Waals surface area contributed by atoms with Crippen LogP contribution in [0.1, 0.15) is 20.3 Å². The Labute approximate surface area is 118 Å². The fourth-order valence-electron chi connectivity index (χ4n) is 1.38. The highest BCUT2D eigenvalue weighted by atomic mass is 16.5. The van der Waals surface area contributed by atoms with Gasteiger partial charge in [-0.2, -0.15) is 0 Å². The third-order valence-corrected chi connectivity index (χ3v) is 2.30. The monoisotopic (exact) mass is 280 g/mol. The molecule has 0 fully saturated rings. The van der Waals surface area contributed by atoms with Crippen molar-refractivity contribution in [1.29, 1.82) is 0 Å². The molecule has 2 amide bonds. The van der Waals surface area contributed by atoms with Crippen molar-refractivity contribution in [2.45, 2.75) is 20.3 Å². The normalized spacial score (nSPS) is 10.2. The van der Waals surface area contributed by atoms with Gasteiger partial charge in [0.1, 0.15) is 5.75 Å². The van der Waals surface area contributed by atoms with Gasteiger partial charge < -0.3 is 20.5 Å². The van der Waals surface area contributed by atoms with Gasteiger partial charge in [-0.05, 0) is 18.1 Å². The molecule has 0 heterocycles. The van der Waals surface area contributed by atoms with E-state index in [0.29, 0.717) is 24.0 Å². The van der Waals surface area contributed by atoms with Crippen LogP contribution in [-0.2, 0) is 4.79 Å². The Balaban J connectivity index is 2.44. The first-order valence-corrected chi connectivity index (χ1v) is 6.47. The minimum atomic E-state index is -0.950. The third kappa shape index (κ3) is 6.63. The van der Waals surface area contributed by atoms with Crippen LogP contribution in [0.15, 0.2) is 24.3 Å². The number of nitrogens with one attached hydrogen (secondary N) is 2. The number of rotatable bonds is 7. The number of anilines is 1. The molecule has 0 aliphatic rings. The zero-order valence-corrected chi connectivity index (χ0v) is 11.7. The summed E-state index contributed by atoms with van der Waals surface area (Å²) >= 11 is 0. The minimum absolute atomic E-state index is 0.0880. The predicted molar refractivity (Wildman–Crippen MR) is 76.0 cm³/mol. The van der Waals surface area contributed by atoms with Crippen LogP contribution in [0, 0.1) is 5.92 Å². The van der Waals surface area contributed by atoms with Crippen molar-refractivity contribution in [2.24, 2.45) is 5.92 Å². The highest BCUT2D eigenvalue weighted by molar-refractivity contribution is 5.89. The van der Waals surface area contributed by atoms with Gasteiger partial charge in [0.2, 0.25) is 0 Å². The lowest BCUT2D eigenvalue weighted by Gasteiger charge is -2.11. The standard InChI is InChI=1S/C14H20N2O4/c1-10(2)9-20-12-5-3-4-11(8-12)16-14(19)15-7-6-13(17)18/h3-5,8,10H,6-7,9H2,1-2H3,(H,17,18)(H2,15,16,19). The largest absolute Gasteiger partial charge is 0.493 e. The molecule has 110 valence electrons. The Bertz CT molecular complexity index is 460. The zero-order chi connectivity index (χ0) is 15.0. The summed E-state index contributed by atoms with van der Waals surface area (Å²) in [6, 6.07) is 6.61. The number of ether oxygens (including phenoxy) is 1. The van der Waals surface area contributed by atoms with Gasteiger partial charge in [0.25, 0.3) is 0 Å². The number of hydrogen-bond acceptors (Lipinski definition) is 3. The number of amides is 2. The minimum Gasteiger partial charge on any atom is -0.493 e. The molecule has 6 heteroatoms. The number of carbonyl (C=O) groups is 2. The van der Waals surface area contributed by atoms with Crippen LogP contribution in [0.25, 0.3) is 0 Å². The number of hydrogen-bond donors (Lipinski definition) is 3. The van der Waals surface area contributed by atoms with Crippen molar-refractivity contribution in [3.63, 3.8) is 0 Å². The summed E-state index contributed by atoms with van der Waals surface area (Å²) in [6.45, 7) is 4.80. The maximum atomic E-state index is 11.5. The molecule has 1 aromatic rings. The average molecular weight is 280 g/mol. The summed E-state index contributed by atoms with van der Waals surface area (Å²) in [5, 5.41) is 13.5. The van der Waals surface area contributed by atoms with Gasteiger partial charge in [-0.1, -0.05) is 19.9 Å². The van der Waals surface area contributed by atoms with Gasteiger partial charge in [0, 0.05) is 18.3 Å². The number of aliphatic carboxylic acids is 1. The first-order valence-electron chi connectivity index (χ1n) is 6.47. The molecular formula is C14H20N2O4. The molecule has 0 bridgehead atoms. The van der Waals surface area contributed by atoms with E-state index in [4.69, 9.17) is 9.84 Å². The smallest absolute Gasteiger partial charge is 0.319 e. The van der Waals surface area contributed by atoms with Crippen molar-refractivity contribution in [1.82, 2.24) is 5.32 Å². The zero-order valence-electron chi connectivity index (χ0n) is 11.7. The van der Waals surface area contributed by atoms with Crippen LogP contribution in [0.3, 0.4) is 0 Å². The van der Waals surface area contributed by atoms with Gasteiger partial charge in [0.15, 0.2) is 0 Å². The van der Waals surface area contributed by atoms with Crippen LogP contribution < -0.4 is 15.4 Å². The van der Waals surface area contributed by atoms with Gasteiger partial charge >= 0.3 is 12.0 Å². The van der Waals surface area contributed by atoms with Gasteiger partial charge in [-0.15, -0.1) is 0 Å². The Kier molecular flexibility index (Phi) is 6.36. The molecule has 6 nitrogen and oxygen atoms in total. The maximum Gasteiger partial charge on any atom is 0.319 e. The van der Waals surface area contributed by atoms with E-state index in [-0.39, 0.29) is 13.0 Å². The molecule has 0 aliphatic heterocycles. The maximum absolute atomic E-state index is 11.5. The fourth-order valence-corrected chi connectivity index (χ4v) is 1.38. The second kappa shape index (κ2) is 8.04. The molecular weight excluding hydrogens is 260 g/mol. The molecule has 3 N–H and O–H groups in total. The van der Waals surface area contributed by atoms with E-state index in [9.17, 15) is 9.59 Å². The molecule has 0 aliphatic carbocycles. The average Bonchev–Trinajstić information content (AvgIpc) is 2.36. The van der Waals surface area contributed by atoms with Gasteiger partial charge in [0.05, 0.1) is 13.0 Å². The van der Waals surface area contributed by atoms with Crippen molar-refractivity contribution in [3.05, 3.63) is 24.3 Å². The Morgan fingerprint density at radius 1 is 1.35 bits per heavy atom. The summed E-state index contributed by atoms with van der Waals surface area (Å²) in [5.41, 5.74) is 0.596. The summed E-state index contributed by atoms with van der Waals surface area (Å²) in [6.07, 6.45) is -0.106. The van der Waals surface area contributed by atoms with E-state index in [1.807, 2.05) is 6.07 Å². The van der Waals surface area contributed by atoms with Crippen molar-refractivity contribution < 1.29 is 19.4 Å². The van der Waals surface area contributed by atoms with E-state index >= 15 is 0 Å². The summed E-state index contributed by atoms with van der Waals surface area (Å²) in [7, 11) is 0. The van der Waals surface area contributed by atoms with Gasteiger partial charge in [-0.3, -0.25) is 4.79 Å². The van der Waals surface area contributed by atoms with Crippen molar-refractivity contribution in [2.75, 3.05) is 18.5 Å². The summed E-state index contributed by atoms with van der Waals surface area (Å²) in [5.74, 6) is 0.155. The molecule has 20 heavy (non-hydrogen) atoms. The highest BCUT2D eigenvalue weighted by Gasteiger charge is 2.04. The lowest BCUT2D eigenvalue weighted by Crippen LogP contribution is -2.30. The van der Waals surface area contributed by atoms with E-state index in [1.54, 1.807) is 18.2 Å². The van der Waals surface area contributed by atoms with Crippen LogP contribution in [-0.4, -0.2) is 30.3 Å². The third-order valence-electron chi connectivity index (χ3n) is 2.30. The molecule has 0 radical (unpaired) electrons. The van der Waals surface area contributed by atoms with Crippen LogP contribution in [0.2, 0.25) is 0 Å². The number of carbonyl (C=O) groups excluding carboxylic acids is 1. The second-order valence-electron chi connectivity index (χ2n) is 4.76. The van der Waals surface area contributed by atoms with Crippen molar-refractivity contribution >= 4 is 17.7 Å².